The first-order valence-electron chi connectivity index (χ1n) is 5.71. The van der Waals surface area contributed by atoms with Gasteiger partial charge in [-0.3, -0.25) is 0 Å². The zero-order valence-corrected chi connectivity index (χ0v) is 11.5. The molecule has 0 saturated carbocycles. The molecule has 0 aromatic heterocycles. The van der Waals surface area contributed by atoms with Crippen LogP contribution >= 0.6 is 11.8 Å². The highest BCUT2D eigenvalue weighted by Crippen LogP contribution is 2.25. The van der Waals surface area contributed by atoms with Gasteiger partial charge in [0, 0.05) is 18.1 Å². The van der Waals surface area contributed by atoms with Crippen LogP contribution in [0.25, 0.3) is 0 Å². The minimum Gasteiger partial charge on any atom is -0.380 e. The Kier molecular flexibility index (Phi) is 3.99. The molecule has 2 rings (SSSR count). The van der Waals surface area contributed by atoms with Crippen molar-refractivity contribution in [3.63, 3.8) is 0 Å². The number of hydrogen-bond acceptors (Lipinski definition) is 4. The van der Waals surface area contributed by atoms with Crippen LogP contribution in [0.2, 0.25) is 0 Å². The predicted octanol–water partition coefficient (Wildman–Crippen LogP) is 2.40. The van der Waals surface area contributed by atoms with Crippen LogP contribution < -0.4 is 5.32 Å². The third-order valence-corrected chi connectivity index (χ3v) is 5.18. The van der Waals surface area contributed by atoms with Crippen LogP contribution in [0.1, 0.15) is 12.8 Å². The van der Waals surface area contributed by atoms with E-state index in [1.807, 2.05) is 23.9 Å². The number of hydrogen-bond donors (Lipinski definition) is 1. The maximum Gasteiger partial charge on any atom is 0.177 e. The van der Waals surface area contributed by atoms with Gasteiger partial charge in [-0.15, -0.1) is 0 Å². The smallest absolute Gasteiger partial charge is 0.177 e. The van der Waals surface area contributed by atoms with Crippen molar-refractivity contribution >= 4 is 27.3 Å². The quantitative estimate of drug-likeness (QED) is 0.917. The fourth-order valence-corrected chi connectivity index (χ4v) is 3.91. The van der Waals surface area contributed by atoms with Gasteiger partial charge in [-0.25, -0.2) is 8.42 Å². The summed E-state index contributed by atoms with van der Waals surface area (Å²) in [5, 5.41) is 3.36. The molecule has 3 nitrogen and oxygen atoms in total. The number of anilines is 1. The van der Waals surface area contributed by atoms with E-state index in [4.69, 9.17) is 0 Å². The highest BCUT2D eigenvalue weighted by molar-refractivity contribution is 7.99. The minimum atomic E-state index is -3.15. The Morgan fingerprint density at radius 3 is 2.76 bits per heavy atom. The van der Waals surface area contributed by atoms with Crippen LogP contribution in [-0.4, -0.2) is 32.2 Å². The van der Waals surface area contributed by atoms with Crippen molar-refractivity contribution < 1.29 is 8.42 Å². The minimum absolute atomic E-state index is 0.386. The molecule has 0 spiro atoms. The SMILES string of the molecule is CS(=O)(=O)c1ccccc1NC1CCCSC1. The summed E-state index contributed by atoms with van der Waals surface area (Å²) in [6.45, 7) is 0. The van der Waals surface area contributed by atoms with Crippen molar-refractivity contribution in [2.24, 2.45) is 0 Å². The summed E-state index contributed by atoms with van der Waals surface area (Å²) in [5.74, 6) is 2.27. The molecule has 17 heavy (non-hydrogen) atoms. The van der Waals surface area contributed by atoms with Gasteiger partial charge >= 0.3 is 0 Å². The zero-order valence-electron chi connectivity index (χ0n) is 9.85. The Labute approximate surface area is 107 Å². The van der Waals surface area contributed by atoms with Crippen molar-refractivity contribution in [3.8, 4) is 0 Å². The van der Waals surface area contributed by atoms with E-state index in [1.165, 1.54) is 18.4 Å². The fraction of sp³-hybridized carbons (Fsp3) is 0.500. The third-order valence-electron chi connectivity index (χ3n) is 2.81. The molecular weight excluding hydrogens is 254 g/mol. The Morgan fingerprint density at radius 1 is 1.35 bits per heavy atom. The largest absolute Gasteiger partial charge is 0.380 e. The van der Waals surface area contributed by atoms with Gasteiger partial charge in [0.1, 0.15) is 0 Å². The molecule has 1 aromatic carbocycles. The molecule has 1 N–H and O–H groups in total. The first kappa shape index (κ1) is 12.8. The van der Waals surface area contributed by atoms with Gasteiger partial charge in [-0.1, -0.05) is 12.1 Å². The van der Waals surface area contributed by atoms with Crippen LogP contribution in [-0.2, 0) is 9.84 Å². The van der Waals surface area contributed by atoms with Crippen LogP contribution in [0.4, 0.5) is 5.69 Å². The molecule has 1 aliphatic heterocycles. The Bertz CT molecular complexity index is 479. The number of benzene rings is 1. The second-order valence-electron chi connectivity index (χ2n) is 4.33. The lowest BCUT2D eigenvalue weighted by Crippen LogP contribution is -2.26. The van der Waals surface area contributed by atoms with E-state index < -0.39 is 9.84 Å². The van der Waals surface area contributed by atoms with Gasteiger partial charge in [0.2, 0.25) is 0 Å². The predicted molar refractivity (Wildman–Crippen MR) is 73.5 cm³/mol. The molecule has 1 fully saturated rings. The highest BCUT2D eigenvalue weighted by atomic mass is 32.2. The summed E-state index contributed by atoms with van der Waals surface area (Å²) in [4.78, 5) is 0.399. The van der Waals surface area contributed by atoms with Crippen molar-refractivity contribution in [3.05, 3.63) is 24.3 Å². The lowest BCUT2D eigenvalue weighted by molar-refractivity contribution is 0.601. The van der Waals surface area contributed by atoms with E-state index in [2.05, 4.69) is 5.32 Å². The van der Waals surface area contributed by atoms with Crippen LogP contribution in [0, 0.1) is 0 Å². The van der Waals surface area contributed by atoms with Crippen LogP contribution in [0.15, 0.2) is 29.2 Å². The topological polar surface area (TPSA) is 46.2 Å². The summed E-state index contributed by atoms with van der Waals surface area (Å²) in [7, 11) is -3.15. The monoisotopic (exact) mass is 271 g/mol. The summed E-state index contributed by atoms with van der Waals surface area (Å²) >= 11 is 1.92. The van der Waals surface area contributed by atoms with E-state index >= 15 is 0 Å². The summed E-state index contributed by atoms with van der Waals surface area (Å²) < 4.78 is 23.3. The number of nitrogens with one attached hydrogen (secondary N) is 1. The molecule has 1 aromatic rings. The molecule has 94 valence electrons. The van der Waals surface area contributed by atoms with Crippen molar-refractivity contribution in [2.45, 2.75) is 23.8 Å². The van der Waals surface area contributed by atoms with Crippen molar-refractivity contribution in [1.29, 1.82) is 0 Å². The van der Waals surface area contributed by atoms with Gasteiger partial charge < -0.3 is 5.32 Å². The zero-order chi connectivity index (χ0) is 12.3. The molecular formula is C12H17NO2S2. The Hall–Kier alpha value is -0.680. The summed E-state index contributed by atoms with van der Waals surface area (Å²) in [6.07, 6.45) is 3.57. The summed E-state index contributed by atoms with van der Waals surface area (Å²) in [6, 6.07) is 7.52. The van der Waals surface area contributed by atoms with E-state index in [9.17, 15) is 8.42 Å². The second kappa shape index (κ2) is 5.31. The number of sulfone groups is 1. The van der Waals surface area contributed by atoms with Gasteiger partial charge in [-0.05, 0) is 30.7 Å². The average molecular weight is 271 g/mol. The highest BCUT2D eigenvalue weighted by Gasteiger charge is 2.17. The van der Waals surface area contributed by atoms with Crippen LogP contribution in [0.5, 0.6) is 0 Å². The second-order valence-corrected chi connectivity index (χ2v) is 7.46. The van der Waals surface area contributed by atoms with E-state index in [0.29, 0.717) is 10.9 Å². The van der Waals surface area contributed by atoms with Crippen LogP contribution in [0.3, 0.4) is 0 Å². The molecule has 1 unspecified atom stereocenters. The molecule has 1 aliphatic rings. The van der Waals surface area contributed by atoms with Crippen molar-refractivity contribution in [2.75, 3.05) is 23.1 Å². The number of para-hydroxylation sites is 1. The van der Waals surface area contributed by atoms with Crippen molar-refractivity contribution in [1.82, 2.24) is 0 Å². The number of rotatable bonds is 3. The Balaban J connectivity index is 2.20. The van der Waals surface area contributed by atoms with Gasteiger partial charge in [0.25, 0.3) is 0 Å². The average Bonchev–Trinajstić information content (AvgIpc) is 2.30. The molecule has 0 aliphatic carbocycles. The maximum absolute atomic E-state index is 11.7. The summed E-state index contributed by atoms with van der Waals surface area (Å²) in [5.41, 5.74) is 0.738. The molecule has 1 atom stereocenters. The number of thioether (sulfide) groups is 1. The molecule has 1 heterocycles. The van der Waals surface area contributed by atoms with Gasteiger partial charge in [0.15, 0.2) is 9.84 Å². The standard InChI is InChI=1S/C12H17NO2S2/c1-17(14,15)12-7-3-2-6-11(12)13-10-5-4-8-16-9-10/h2-3,6-7,10,13H,4-5,8-9H2,1H3. The first-order valence-corrected chi connectivity index (χ1v) is 8.75. The van der Waals surface area contributed by atoms with Gasteiger partial charge in [-0.2, -0.15) is 11.8 Å². The molecule has 5 heteroatoms. The molecule has 1 saturated heterocycles. The van der Waals surface area contributed by atoms with E-state index in [1.54, 1.807) is 12.1 Å². The fourth-order valence-electron chi connectivity index (χ4n) is 1.98. The van der Waals surface area contributed by atoms with E-state index in [0.717, 1.165) is 17.9 Å². The molecule has 0 radical (unpaired) electrons. The maximum atomic E-state index is 11.7. The third kappa shape index (κ3) is 3.39. The molecule has 0 bridgehead atoms. The normalized spacial score (nSPS) is 21.1. The lowest BCUT2D eigenvalue weighted by Gasteiger charge is -2.24. The molecule has 0 amide bonds. The lowest BCUT2D eigenvalue weighted by atomic mass is 10.1. The first-order chi connectivity index (χ1) is 8.07. The van der Waals surface area contributed by atoms with E-state index in [-0.39, 0.29) is 0 Å². The van der Waals surface area contributed by atoms with Gasteiger partial charge in [0.05, 0.1) is 10.6 Å². The Morgan fingerprint density at radius 2 is 2.12 bits per heavy atom.